The van der Waals surface area contributed by atoms with Crippen LogP contribution in [0.5, 0.6) is 0 Å². The van der Waals surface area contributed by atoms with Crippen LogP contribution in [0.25, 0.3) is 0 Å². The molecule has 0 saturated carbocycles. The highest BCUT2D eigenvalue weighted by Gasteiger charge is 2.27. The summed E-state index contributed by atoms with van der Waals surface area (Å²) in [6.45, 7) is 5.16. The lowest BCUT2D eigenvalue weighted by atomic mass is 9.96. The second-order valence-corrected chi connectivity index (χ2v) is 6.92. The molecular formula is C22H26N2O4. The molecule has 2 rings (SSSR count). The third-order valence-electron chi connectivity index (χ3n) is 4.64. The predicted octanol–water partition coefficient (Wildman–Crippen LogP) is 2.16. The van der Waals surface area contributed by atoms with Gasteiger partial charge in [-0.1, -0.05) is 48.5 Å². The van der Waals surface area contributed by atoms with Gasteiger partial charge in [-0.2, -0.15) is 0 Å². The van der Waals surface area contributed by atoms with Gasteiger partial charge in [0.25, 0.3) is 0 Å². The first kappa shape index (κ1) is 21.2. The number of aliphatic carboxylic acids is 1. The van der Waals surface area contributed by atoms with Gasteiger partial charge in [-0.3, -0.25) is 9.59 Å². The molecule has 6 nitrogen and oxygen atoms in total. The van der Waals surface area contributed by atoms with Gasteiger partial charge in [-0.25, -0.2) is 4.79 Å². The number of rotatable bonds is 8. The van der Waals surface area contributed by atoms with Crippen LogP contribution in [0.15, 0.2) is 48.5 Å². The van der Waals surface area contributed by atoms with Gasteiger partial charge < -0.3 is 15.7 Å². The number of carboxylic acids is 1. The van der Waals surface area contributed by atoms with Crippen molar-refractivity contribution in [2.24, 2.45) is 0 Å². The molecule has 0 heterocycles. The van der Waals surface area contributed by atoms with E-state index in [4.69, 9.17) is 0 Å². The lowest BCUT2D eigenvalue weighted by Gasteiger charge is -2.22. The van der Waals surface area contributed by atoms with Gasteiger partial charge in [0, 0.05) is 19.8 Å². The molecule has 0 aliphatic rings. The Balaban J connectivity index is 2.17. The van der Waals surface area contributed by atoms with E-state index in [9.17, 15) is 19.5 Å². The second-order valence-electron chi connectivity index (χ2n) is 6.92. The lowest BCUT2D eigenvalue weighted by molar-refractivity contribution is -0.142. The largest absolute Gasteiger partial charge is 0.480 e. The molecule has 0 unspecified atom stereocenters. The number of carbonyl (C=O) groups is 3. The monoisotopic (exact) mass is 382 g/mol. The standard InChI is InChI=1S/C22H26N2O4/c1-14-8-7-9-15(2)18(14)13-20(22(27)28)24-21(26)19(23-16(3)25)12-17-10-5-4-6-11-17/h4-11,19-20H,12-13H2,1-3H3,(H,23,25)(H,24,26)(H,27,28)/t19-,20+/m0/s1. The predicted molar refractivity (Wildman–Crippen MR) is 107 cm³/mol. The van der Waals surface area contributed by atoms with Gasteiger partial charge in [0.15, 0.2) is 0 Å². The third kappa shape index (κ3) is 5.94. The summed E-state index contributed by atoms with van der Waals surface area (Å²) in [7, 11) is 0. The minimum absolute atomic E-state index is 0.178. The zero-order chi connectivity index (χ0) is 20.7. The highest BCUT2D eigenvalue weighted by molar-refractivity contribution is 5.90. The van der Waals surface area contributed by atoms with Crippen LogP contribution in [0.3, 0.4) is 0 Å². The van der Waals surface area contributed by atoms with Crippen molar-refractivity contribution in [2.45, 2.75) is 45.7 Å². The van der Waals surface area contributed by atoms with Gasteiger partial charge >= 0.3 is 5.97 Å². The Morgan fingerprint density at radius 2 is 1.46 bits per heavy atom. The molecule has 0 fully saturated rings. The van der Waals surface area contributed by atoms with Crippen molar-refractivity contribution in [3.8, 4) is 0 Å². The Labute approximate surface area is 165 Å². The summed E-state index contributed by atoms with van der Waals surface area (Å²) in [4.78, 5) is 36.1. The summed E-state index contributed by atoms with van der Waals surface area (Å²) in [5.41, 5.74) is 3.72. The SMILES string of the molecule is CC(=O)N[C@@H](Cc1ccccc1)C(=O)N[C@H](Cc1c(C)cccc1C)C(=O)O. The fraction of sp³-hybridized carbons (Fsp3) is 0.318. The summed E-state index contributed by atoms with van der Waals surface area (Å²) in [5.74, 6) is -1.98. The maximum atomic E-state index is 12.8. The Kier molecular flexibility index (Phi) is 7.32. The molecule has 0 aliphatic carbocycles. The first-order valence-corrected chi connectivity index (χ1v) is 9.17. The summed E-state index contributed by atoms with van der Waals surface area (Å²) in [6, 6.07) is 13.1. The minimum Gasteiger partial charge on any atom is -0.480 e. The average Bonchev–Trinajstić information content (AvgIpc) is 2.63. The quantitative estimate of drug-likeness (QED) is 0.652. The van der Waals surface area contributed by atoms with E-state index in [0.717, 1.165) is 22.3 Å². The molecule has 6 heteroatoms. The van der Waals surface area contributed by atoms with Crippen LogP contribution in [0, 0.1) is 13.8 Å². The summed E-state index contributed by atoms with van der Waals surface area (Å²) in [6.07, 6.45) is 0.458. The Morgan fingerprint density at radius 3 is 2.00 bits per heavy atom. The zero-order valence-corrected chi connectivity index (χ0v) is 16.4. The molecule has 3 N–H and O–H groups in total. The Morgan fingerprint density at radius 1 is 0.857 bits per heavy atom. The third-order valence-corrected chi connectivity index (χ3v) is 4.64. The maximum absolute atomic E-state index is 12.8. The summed E-state index contributed by atoms with van der Waals surface area (Å²) >= 11 is 0. The van der Waals surface area contributed by atoms with E-state index >= 15 is 0 Å². The van der Waals surface area contributed by atoms with E-state index in [1.54, 1.807) is 0 Å². The van der Waals surface area contributed by atoms with Crippen molar-refractivity contribution in [1.29, 1.82) is 0 Å². The molecule has 2 atom stereocenters. The number of hydrogen-bond acceptors (Lipinski definition) is 3. The van der Waals surface area contributed by atoms with Gasteiger partial charge in [0.05, 0.1) is 0 Å². The highest BCUT2D eigenvalue weighted by Crippen LogP contribution is 2.16. The molecule has 2 aromatic carbocycles. The number of hydrogen-bond donors (Lipinski definition) is 3. The van der Waals surface area contributed by atoms with E-state index in [0.29, 0.717) is 0 Å². The van der Waals surface area contributed by atoms with Crippen molar-refractivity contribution in [1.82, 2.24) is 10.6 Å². The summed E-state index contributed by atoms with van der Waals surface area (Å²) in [5, 5.41) is 14.8. The van der Waals surface area contributed by atoms with E-state index in [2.05, 4.69) is 10.6 Å². The molecule has 2 amide bonds. The molecule has 0 spiro atoms. The number of nitrogens with one attached hydrogen (secondary N) is 2. The van der Waals surface area contributed by atoms with Crippen LogP contribution in [0.2, 0.25) is 0 Å². The van der Waals surface area contributed by atoms with Crippen LogP contribution in [0.4, 0.5) is 0 Å². The molecule has 2 aromatic rings. The zero-order valence-electron chi connectivity index (χ0n) is 16.4. The van der Waals surface area contributed by atoms with Crippen LogP contribution in [0.1, 0.15) is 29.2 Å². The fourth-order valence-corrected chi connectivity index (χ4v) is 3.15. The Hall–Kier alpha value is -3.15. The van der Waals surface area contributed by atoms with E-state index < -0.39 is 24.0 Å². The van der Waals surface area contributed by atoms with Crippen LogP contribution >= 0.6 is 0 Å². The second kappa shape index (κ2) is 9.69. The summed E-state index contributed by atoms with van der Waals surface area (Å²) < 4.78 is 0. The first-order chi connectivity index (χ1) is 13.3. The van der Waals surface area contributed by atoms with Crippen molar-refractivity contribution in [3.63, 3.8) is 0 Å². The highest BCUT2D eigenvalue weighted by atomic mass is 16.4. The average molecular weight is 382 g/mol. The topological polar surface area (TPSA) is 95.5 Å². The molecule has 0 bridgehead atoms. The van der Waals surface area contributed by atoms with Crippen LogP contribution < -0.4 is 10.6 Å². The van der Waals surface area contributed by atoms with E-state index in [1.807, 2.05) is 62.4 Å². The van der Waals surface area contributed by atoms with E-state index in [1.165, 1.54) is 6.92 Å². The van der Waals surface area contributed by atoms with Crippen molar-refractivity contribution in [3.05, 3.63) is 70.8 Å². The first-order valence-electron chi connectivity index (χ1n) is 9.17. The molecule has 148 valence electrons. The number of carboxylic acid groups (broad SMARTS) is 1. The van der Waals surface area contributed by atoms with Gasteiger partial charge in [0.2, 0.25) is 11.8 Å². The smallest absolute Gasteiger partial charge is 0.326 e. The number of aryl methyl sites for hydroxylation is 2. The molecule has 0 aliphatic heterocycles. The Bertz CT molecular complexity index is 829. The number of amides is 2. The molecule has 0 radical (unpaired) electrons. The molecule has 0 saturated heterocycles. The fourth-order valence-electron chi connectivity index (χ4n) is 3.15. The number of carbonyl (C=O) groups excluding carboxylic acids is 2. The van der Waals surface area contributed by atoms with Crippen molar-refractivity contribution in [2.75, 3.05) is 0 Å². The maximum Gasteiger partial charge on any atom is 0.326 e. The molecule has 0 aromatic heterocycles. The van der Waals surface area contributed by atoms with Crippen LogP contribution in [-0.4, -0.2) is 35.0 Å². The minimum atomic E-state index is -1.11. The molecular weight excluding hydrogens is 356 g/mol. The van der Waals surface area contributed by atoms with Crippen molar-refractivity contribution >= 4 is 17.8 Å². The molecule has 28 heavy (non-hydrogen) atoms. The van der Waals surface area contributed by atoms with Crippen LogP contribution in [-0.2, 0) is 27.2 Å². The van der Waals surface area contributed by atoms with Gasteiger partial charge in [-0.15, -0.1) is 0 Å². The number of benzene rings is 2. The van der Waals surface area contributed by atoms with Gasteiger partial charge in [0.1, 0.15) is 12.1 Å². The lowest BCUT2D eigenvalue weighted by Crippen LogP contribution is -2.52. The van der Waals surface area contributed by atoms with Crippen molar-refractivity contribution < 1.29 is 19.5 Å². The normalized spacial score (nSPS) is 12.7. The van der Waals surface area contributed by atoms with Gasteiger partial charge in [-0.05, 0) is 36.1 Å². The van der Waals surface area contributed by atoms with E-state index in [-0.39, 0.29) is 18.7 Å².